The molecule has 72 valence electrons. The fourth-order valence-electron chi connectivity index (χ4n) is 0.904. The van der Waals surface area contributed by atoms with Gasteiger partial charge < -0.3 is 9.84 Å². The van der Waals surface area contributed by atoms with E-state index in [2.05, 4.69) is 4.98 Å². The van der Waals surface area contributed by atoms with Crippen LogP contribution in [0.25, 0.3) is 0 Å². The predicted octanol–water partition coefficient (Wildman–Crippen LogP) is 0.554. The summed E-state index contributed by atoms with van der Waals surface area (Å²) in [5.74, 6) is -1.03. The molecule has 0 aliphatic carbocycles. The zero-order chi connectivity index (χ0) is 10.4. The molecule has 5 nitrogen and oxygen atoms in total. The first kappa shape index (κ1) is 10.2. The van der Waals surface area contributed by atoms with E-state index in [1.165, 1.54) is 6.20 Å². The van der Waals surface area contributed by atoms with Gasteiger partial charge in [0.1, 0.15) is 18.4 Å². The van der Waals surface area contributed by atoms with E-state index in [0.717, 1.165) is 0 Å². The second-order valence-corrected chi connectivity index (χ2v) is 2.51. The second kappa shape index (κ2) is 4.94. The molecule has 1 aromatic heterocycles. The molecule has 0 bridgehead atoms. The molecule has 0 saturated heterocycles. The average molecular weight is 192 g/mol. The third-order valence-electron chi connectivity index (χ3n) is 1.48. The van der Waals surface area contributed by atoms with Gasteiger partial charge >= 0.3 is 5.97 Å². The summed E-state index contributed by atoms with van der Waals surface area (Å²) < 4.78 is 4.83. The van der Waals surface area contributed by atoms with Crippen molar-refractivity contribution in [1.29, 1.82) is 5.26 Å². The normalized spacial score (nSPS) is 9.36. The van der Waals surface area contributed by atoms with Gasteiger partial charge in [0.2, 0.25) is 0 Å². The lowest BCUT2D eigenvalue weighted by Crippen LogP contribution is -2.07. The van der Waals surface area contributed by atoms with Crippen molar-refractivity contribution in [2.45, 2.75) is 6.61 Å². The van der Waals surface area contributed by atoms with Crippen LogP contribution in [0, 0.1) is 11.3 Å². The number of aliphatic carboxylic acids is 1. The van der Waals surface area contributed by atoms with Gasteiger partial charge in [-0.3, -0.25) is 0 Å². The number of carboxylic acid groups (broad SMARTS) is 1. The van der Waals surface area contributed by atoms with Gasteiger partial charge in [0, 0.05) is 11.8 Å². The summed E-state index contributed by atoms with van der Waals surface area (Å²) in [4.78, 5) is 13.9. The van der Waals surface area contributed by atoms with Crippen LogP contribution in [0.3, 0.4) is 0 Å². The van der Waals surface area contributed by atoms with Gasteiger partial charge in [0.15, 0.2) is 0 Å². The minimum atomic E-state index is -1.03. The molecule has 0 spiro atoms. The van der Waals surface area contributed by atoms with Gasteiger partial charge in [-0.25, -0.2) is 9.78 Å². The molecular weight excluding hydrogens is 184 g/mol. The van der Waals surface area contributed by atoms with E-state index in [9.17, 15) is 4.79 Å². The van der Waals surface area contributed by atoms with E-state index in [-0.39, 0.29) is 18.9 Å². The highest BCUT2D eigenvalue weighted by molar-refractivity contribution is 5.68. The van der Waals surface area contributed by atoms with Gasteiger partial charge in [-0.2, -0.15) is 5.26 Å². The van der Waals surface area contributed by atoms with Crippen molar-refractivity contribution in [1.82, 2.24) is 4.98 Å². The Hall–Kier alpha value is -1.93. The Balaban J connectivity index is 2.59. The first-order valence-electron chi connectivity index (χ1n) is 3.87. The first-order chi connectivity index (χ1) is 6.74. The number of pyridine rings is 1. The van der Waals surface area contributed by atoms with Crippen molar-refractivity contribution in [3.05, 3.63) is 29.6 Å². The summed E-state index contributed by atoms with van der Waals surface area (Å²) in [6.45, 7) is -0.289. The monoisotopic (exact) mass is 192 g/mol. The summed E-state index contributed by atoms with van der Waals surface area (Å²) in [6, 6.07) is 5.24. The average Bonchev–Trinajstić information content (AvgIpc) is 2.18. The molecule has 0 aliphatic rings. The first-order valence-corrected chi connectivity index (χ1v) is 3.87. The molecule has 0 atom stereocenters. The van der Waals surface area contributed by atoms with Crippen LogP contribution in [-0.4, -0.2) is 22.7 Å². The number of nitriles is 1. The molecule has 1 aromatic rings. The summed E-state index contributed by atoms with van der Waals surface area (Å²) in [6.07, 6.45) is 1.50. The van der Waals surface area contributed by atoms with Crippen molar-refractivity contribution < 1.29 is 14.6 Å². The lowest BCUT2D eigenvalue weighted by atomic mass is 10.2. The van der Waals surface area contributed by atoms with Crippen molar-refractivity contribution in [2.24, 2.45) is 0 Å². The molecule has 0 aliphatic heterocycles. The van der Waals surface area contributed by atoms with E-state index in [4.69, 9.17) is 15.1 Å². The van der Waals surface area contributed by atoms with Crippen LogP contribution in [0.4, 0.5) is 0 Å². The van der Waals surface area contributed by atoms with E-state index in [1.54, 1.807) is 12.1 Å². The van der Waals surface area contributed by atoms with E-state index in [1.807, 2.05) is 6.07 Å². The molecule has 0 amide bonds. The minimum Gasteiger partial charge on any atom is -0.480 e. The van der Waals surface area contributed by atoms with Crippen LogP contribution >= 0.6 is 0 Å². The molecule has 0 saturated carbocycles. The second-order valence-electron chi connectivity index (χ2n) is 2.51. The number of carbonyl (C=O) groups is 1. The quantitative estimate of drug-likeness (QED) is 0.753. The van der Waals surface area contributed by atoms with Gasteiger partial charge in [-0.05, 0) is 6.07 Å². The Kier molecular flexibility index (Phi) is 3.58. The Morgan fingerprint density at radius 2 is 2.50 bits per heavy atom. The number of aromatic nitrogens is 1. The van der Waals surface area contributed by atoms with E-state index < -0.39 is 5.97 Å². The Morgan fingerprint density at radius 1 is 1.71 bits per heavy atom. The highest BCUT2D eigenvalue weighted by Gasteiger charge is 2.03. The predicted molar refractivity (Wildman–Crippen MR) is 46.2 cm³/mol. The summed E-state index contributed by atoms with van der Waals surface area (Å²) in [5.41, 5.74) is 0.856. The fraction of sp³-hybridized carbons (Fsp3) is 0.222. The smallest absolute Gasteiger partial charge is 0.329 e. The largest absolute Gasteiger partial charge is 0.480 e. The van der Waals surface area contributed by atoms with Crippen molar-refractivity contribution in [3.8, 4) is 6.07 Å². The molecular formula is C9H8N2O3. The van der Waals surface area contributed by atoms with Crippen LogP contribution in [-0.2, 0) is 16.1 Å². The zero-order valence-corrected chi connectivity index (χ0v) is 7.30. The SMILES string of the molecule is N#Cc1ncccc1COCC(=O)O. The highest BCUT2D eigenvalue weighted by atomic mass is 16.5. The molecule has 0 radical (unpaired) electrons. The van der Waals surface area contributed by atoms with Crippen LogP contribution in [0.1, 0.15) is 11.3 Å². The maximum atomic E-state index is 10.1. The summed E-state index contributed by atoms with van der Waals surface area (Å²) >= 11 is 0. The van der Waals surface area contributed by atoms with Crippen molar-refractivity contribution in [3.63, 3.8) is 0 Å². The van der Waals surface area contributed by atoms with Crippen LogP contribution in [0.2, 0.25) is 0 Å². The lowest BCUT2D eigenvalue weighted by Gasteiger charge is -2.02. The molecule has 14 heavy (non-hydrogen) atoms. The summed E-state index contributed by atoms with van der Waals surface area (Å²) in [7, 11) is 0. The molecule has 1 N–H and O–H groups in total. The molecule has 0 unspecified atom stereocenters. The van der Waals surface area contributed by atoms with Gasteiger partial charge in [0.25, 0.3) is 0 Å². The van der Waals surface area contributed by atoms with Crippen molar-refractivity contribution >= 4 is 5.97 Å². The Labute approximate surface area is 80.6 Å². The maximum absolute atomic E-state index is 10.1. The van der Waals surface area contributed by atoms with Gasteiger partial charge in [-0.15, -0.1) is 0 Å². The number of rotatable bonds is 4. The van der Waals surface area contributed by atoms with Crippen LogP contribution in [0.5, 0.6) is 0 Å². The van der Waals surface area contributed by atoms with E-state index >= 15 is 0 Å². The number of carboxylic acids is 1. The topological polar surface area (TPSA) is 83.2 Å². The van der Waals surface area contributed by atoms with Gasteiger partial charge in [0.05, 0.1) is 6.61 Å². The third kappa shape index (κ3) is 2.84. The zero-order valence-electron chi connectivity index (χ0n) is 7.30. The number of nitrogens with zero attached hydrogens (tertiary/aromatic N) is 2. The summed E-state index contributed by atoms with van der Waals surface area (Å²) in [5, 5.41) is 17.0. The number of hydrogen-bond acceptors (Lipinski definition) is 4. The Morgan fingerprint density at radius 3 is 3.14 bits per heavy atom. The molecule has 1 heterocycles. The van der Waals surface area contributed by atoms with Crippen LogP contribution in [0.15, 0.2) is 18.3 Å². The standard InChI is InChI=1S/C9H8N2O3/c10-4-8-7(2-1-3-11-8)5-14-6-9(12)13/h1-3H,5-6H2,(H,12,13). The molecule has 0 fully saturated rings. The van der Waals surface area contributed by atoms with Crippen LogP contribution < -0.4 is 0 Å². The lowest BCUT2D eigenvalue weighted by molar-refractivity contribution is -0.142. The van der Waals surface area contributed by atoms with Gasteiger partial charge in [-0.1, -0.05) is 6.07 Å². The molecule has 5 heteroatoms. The fourth-order valence-corrected chi connectivity index (χ4v) is 0.904. The van der Waals surface area contributed by atoms with E-state index in [0.29, 0.717) is 5.56 Å². The Bertz CT molecular complexity index is 371. The maximum Gasteiger partial charge on any atom is 0.329 e. The number of hydrogen-bond donors (Lipinski definition) is 1. The molecule has 0 aromatic carbocycles. The van der Waals surface area contributed by atoms with Crippen molar-refractivity contribution in [2.75, 3.05) is 6.61 Å². The number of ether oxygens (including phenoxy) is 1. The highest BCUT2D eigenvalue weighted by Crippen LogP contribution is 2.05. The molecule has 1 rings (SSSR count). The third-order valence-corrected chi connectivity index (χ3v) is 1.48. The minimum absolute atomic E-state index is 0.0863.